The molecule has 0 saturated heterocycles. The van der Waals surface area contributed by atoms with Gasteiger partial charge in [-0.2, -0.15) is 0 Å². The van der Waals surface area contributed by atoms with Crippen molar-refractivity contribution < 1.29 is 9.59 Å². The molecule has 0 unspecified atom stereocenters. The van der Waals surface area contributed by atoms with Crippen LogP contribution in [-0.4, -0.2) is 11.8 Å². The number of nitrogens with zero attached hydrogens (tertiary/aromatic N) is 1. The number of carbonyl (C=O) groups is 2. The molecule has 1 aliphatic heterocycles. The van der Waals surface area contributed by atoms with Gasteiger partial charge in [-0.15, -0.1) is 0 Å². The van der Waals surface area contributed by atoms with Crippen LogP contribution in [0.25, 0.3) is 5.57 Å². The predicted octanol–water partition coefficient (Wildman–Crippen LogP) is 5.89. The van der Waals surface area contributed by atoms with Gasteiger partial charge in [-0.3, -0.25) is 9.59 Å². The van der Waals surface area contributed by atoms with Gasteiger partial charge in [0.2, 0.25) is 0 Å². The number of benzene rings is 1. The van der Waals surface area contributed by atoms with E-state index in [4.69, 9.17) is 0 Å². The Morgan fingerprint density at radius 2 is 1.41 bits per heavy atom. The number of carbonyl (C=O) groups excluding carboxylic acids is 2. The third-order valence-electron chi connectivity index (χ3n) is 6.27. The Balaban J connectivity index is 2.11. The number of allylic oxidation sites excluding steroid dienone is 2. The van der Waals surface area contributed by atoms with Crippen molar-refractivity contribution in [3.63, 3.8) is 0 Å². The van der Waals surface area contributed by atoms with Crippen molar-refractivity contribution in [1.29, 1.82) is 0 Å². The minimum Gasteiger partial charge on any atom is -0.269 e. The first-order chi connectivity index (χ1) is 12.5. The molecule has 0 fully saturated rings. The highest BCUT2D eigenvalue weighted by Crippen LogP contribution is 2.39. The summed E-state index contributed by atoms with van der Waals surface area (Å²) in [5.74, 6) is -0.219. The molecule has 0 radical (unpaired) electrons. The molecule has 0 saturated carbocycles. The number of amides is 2. The Morgan fingerprint density at radius 3 is 1.89 bits per heavy atom. The number of imide groups is 1. The highest BCUT2D eigenvalue weighted by Gasteiger charge is 2.40. The van der Waals surface area contributed by atoms with E-state index < -0.39 is 0 Å². The lowest BCUT2D eigenvalue weighted by atomic mass is 9.82. The molecule has 0 spiro atoms. The Kier molecular flexibility index (Phi) is 4.92. The molecule has 0 N–H and O–H groups in total. The second-order valence-corrected chi connectivity index (χ2v) is 9.06. The molecule has 0 aromatic heterocycles. The lowest BCUT2D eigenvalue weighted by Crippen LogP contribution is -2.32. The van der Waals surface area contributed by atoms with Crippen molar-refractivity contribution in [3.8, 4) is 0 Å². The highest BCUT2D eigenvalue weighted by molar-refractivity contribution is 6.33. The van der Waals surface area contributed by atoms with Crippen LogP contribution in [0.15, 0.2) is 28.9 Å². The van der Waals surface area contributed by atoms with Crippen LogP contribution in [0.3, 0.4) is 0 Å². The van der Waals surface area contributed by atoms with Crippen molar-refractivity contribution in [2.75, 3.05) is 4.90 Å². The maximum atomic E-state index is 13.0. The Morgan fingerprint density at radius 1 is 0.889 bits per heavy atom. The van der Waals surface area contributed by atoms with Crippen LogP contribution in [0.1, 0.15) is 77.0 Å². The molecule has 0 atom stereocenters. The minimum absolute atomic E-state index is 0.0709. The quantitative estimate of drug-likeness (QED) is 0.613. The number of hydrogen-bond donors (Lipinski definition) is 0. The number of anilines is 1. The molecule has 27 heavy (non-hydrogen) atoms. The Labute approximate surface area is 163 Å². The zero-order valence-electron chi connectivity index (χ0n) is 17.7. The summed E-state index contributed by atoms with van der Waals surface area (Å²) in [4.78, 5) is 27.4. The highest BCUT2D eigenvalue weighted by atomic mass is 16.2. The number of rotatable bonds is 2. The lowest BCUT2D eigenvalue weighted by Gasteiger charge is -2.25. The van der Waals surface area contributed by atoms with Gasteiger partial charge in [0.1, 0.15) is 0 Å². The van der Waals surface area contributed by atoms with E-state index in [2.05, 4.69) is 47.6 Å². The van der Waals surface area contributed by atoms with Crippen LogP contribution >= 0.6 is 0 Å². The summed E-state index contributed by atoms with van der Waals surface area (Å²) >= 11 is 0. The lowest BCUT2D eigenvalue weighted by molar-refractivity contribution is -0.120. The SMILES string of the molecule is C/C(=C(/C)C(C)(C)C)c1cc(N2C(=O)C3=C(CCCC3)C2=O)c(C)cc1C. The minimum atomic E-state index is -0.109. The van der Waals surface area contributed by atoms with E-state index in [-0.39, 0.29) is 17.2 Å². The van der Waals surface area contributed by atoms with E-state index in [1.165, 1.54) is 21.6 Å². The maximum absolute atomic E-state index is 13.0. The van der Waals surface area contributed by atoms with E-state index in [0.717, 1.165) is 53.6 Å². The summed E-state index contributed by atoms with van der Waals surface area (Å²) in [5.41, 5.74) is 8.09. The van der Waals surface area contributed by atoms with Crippen LogP contribution in [0, 0.1) is 19.3 Å². The molecule has 1 heterocycles. The molecular weight excluding hydrogens is 334 g/mol. The summed E-state index contributed by atoms with van der Waals surface area (Å²) in [6.07, 6.45) is 3.46. The molecule has 144 valence electrons. The fraction of sp³-hybridized carbons (Fsp3) is 0.500. The average molecular weight is 366 g/mol. The Bertz CT molecular complexity index is 866. The zero-order valence-corrected chi connectivity index (χ0v) is 17.7. The fourth-order valence-corrected chi connectivity index (χ4v) is 4.21. The summed E-state index contributed by atoms with van der Waals surface area (Å²) in [7, 11) is 0. The summed E-state index contributed by atoms with van der Waals surface area (Å²) in [6.45, 7) is 15.0. The molecule has 2 aliphatic rings. The van der Waals surface area contributed by atoms with Crippen molar-refractivity contribution in [2.24, 2.45) is 5.41 Å². The van der Waals surface area contributed by atoms with Gasteiger partial charge >= 0.3 is 0 Å². The molecule has 1 aliphatic carbocycles. The fourth-order valence-electron chi connectivity index (χ4n) is 4.21. The van der Waals surface area contributed by atoms with Gasteiger partial charge in [0.05, 0.1) is 5.69 Å². The summed E-state index contributed by atoms with van der Waals surface area (Å²) < 4.78 is 0. The van der Waals surface area contributed by atoms with Crippen LogP contribution in [0.4, 0.5) is 5.69 Å². The largest absolute Gasteiger partial charge is 0.269 e. The van der Waals surface area contributed by atoms with Crippen LogP contribution < -0.4 is 4.90 Å². The normalized spacial score (nSPS) is 18.9. The van der Waals surface area contributed by atoms with Gasteiger partial charge in [0.25, 0.3) is 11.8 Å². The van der Waals surface area contributed by atoms with E-state index in [9.17, 15) is 9.59 Å². The van der Waals surface area contributed by atoms with Gasteiger partial charge in [-0.05, 0) is 87.1 Å². The number of aryl methyl sites for hydroxylation is 2. The molecule has 1 aromatic carbocycles. The molecule has 3 nitrogen and oxygen atoms in total. The van der Waals surface area contributed by atoms with Gasteiger partial charge in [0, 0.05) is 11.1 Å². The zero-order chi connectivity index (χ0) is 20.1. The molecule has 1 aromatic rings. The van der Waals surface area contributed by atoms with Gasteiger partial charge in [0.15, 0.2) is 0 Å². The third-order valence-corrected chi connectivity index (χ3v) is 6.27. The van der Waals surface area contributed by atoms with E-state index in [0.29, 0.717) is 0 Å². The van der Waals surface area contributed by atoms with E-state index in [1.807, 2.05) is 13.0 Å². The van der Waals surface area contributed by atoms with E-state index >= 15 is 0 Å². The van der Waals surface area contributed by atoms with Crippen LogP contribution in [-0.2, 0) is 9.59 Å². The van der Waals surface area contributed by atoms with Crippen molar-refractivity contribution in [2.45, 2.75) is 74.1 Å². The van der Waals surface area contributed by atoms with Gasteiger partial charge < -0.3 is 0 Å². The molecular formula is C24H31NO2. The third kappa shape index (κ3) is 3.28. The van der Waals surface area contributed by atoms with Crippen molar-refractivity contribution in [1.82, 2.24) is 0 Å². The molecule has 3 rings (SSSR count). The summed E-state index contributed by atoms with van der Waals surface area (Å²) in [6, 6.07) is 4.14. The van der Waals surface area contributed by atoms with Crippen LogP contribution in [0.5, 0.6) is 0 Å². The first-order valence-electron chi connectivity index (χ1n) is 9.94. The second kappa shape index (κ2) is 6.78. The monoisotopic (exact) mass is 365 g/mol. The molecule has 2 amide bonds. The van der Waals surface area contributed by atoms with Crippen LogP contribution in [0.2, 0.25) is 0 Å². The predicted molar refractivity (Wildman–Crippen MR) is 112 cm³/mol. The number of hydrogen-bond acceptors (Lipinski definition) is 2. The molecule has 0 bridgehead atoms. The van der Waals surface area contributed by atoms with E-state index in [1.54, 1.807) is 0 Å². The summed E-state index contributed by atoms with van der Waals surface area (Å²) in [5, 5.41) is 0. The molecule has 3 heteroatoms. The first kappa shape index (κ1) is 19.6. The average Bonchev–Trinajstić information content (AvgIpc) is 2.85. The second-order valence-electron chi connectivity index (χ2n) is 9.06. The maximum Gasteiger partial charge on any atom is 0.261 e. The van der Waals surface area contributed by atoms with Crippen molar-refractivity contribution >= 4 is 23.1 Å². The smallest absolute Gasteiger partial charge is 0.261 e. The Hall–Kier alpha value is -2.16. The van der Waals surface area contributed by atoms with Gasteiger partial charge in [-0.1, -0.05) is 32.4 Å². The van der Waals surface area contributed by atoms with Gasteiger partial charge in [-0.25, -0.2) is 4.90 Å². The first-order valence-corrected chi connectivity index (χ1v) is 9.94. The van der Waals surface area contributed by atoms with Crippen molar-refractivity contribution in [3.05, 3.63) is 45.5 Å². The standard InChI is InChI=1S/C24H31NO2/c1-14-12-15(2)21(13-20(14)16(3)17(4)24(5,6)7)25-22(26)18-10-8-9-11-19(18)23(25)27/h12-13H,8-11H2,1-7H3/b17-16+. The topological polar surface area (TPSA) is 37.4 Å².